The Hall–Kier alpha value is -3.98. The van der Waals surface area contributed by atoms with Crippen LogP contribution >= 0.6 is 0 Å². The summed E-state index contributed by atoms with van der Waals surface area (Å²) in [6.07, 6.45) is 1.41. The average Bonchev–Trinajstić information content (AvgIpc) is 3.16. The number of carbonyl (C=O) groups excluding carboxylic acids is 1. The topological polar surface area (TPSA) is 81.4 Å². The van der Waals surface area contributed by atoms with Crippen molar-refractivity contribution in [1.82, 2.24) is 4.98 Å². The highest BCUT2D eigenvalue weighted by atomic mass is 16.1. The molecule has 148 valence electrons. The second-order valence-corrected chi connectivity index (χ2v) is 7.44. The van der Waals surface area contributed by atoms with Crippen molar-refractivity contribution in [1.29, 1.82) is 5.26 Å². The van der Waals surface area contributed by atoms with Crippen molar-refractivity contribution in [2.45, 2.75) is 13.5 Å². The first-order chi connectivity index (χ1) is 14.5. The third-order valence-corrected chi connectivity index (χ3v) is 5.09. The number of carbonyl (C=O) groups is 1. The molecule has 1 aromatic heterocycles. The van der Waals surface area contributed by atoms with Crippen molar-refractivity contribution in [2.75, 3.05) is 24.3 Å². The minimum absolute atomic E-state index is 0.303. The van der Waals surface area contributed by atoms with E-state index < -0.39 is 0 Å². The number of anilines is 2. The molecule has 2 heterocycles. The van der Waals surface area contributed by atoms with Crippen LogP contribution in [-0.2, 0) is 6.54 Å². The van der Waals surface area contributed by atoms with Crippen molar-refractivity contribution >= 4 is 23.0 Å². The SMILES string of the molecule is Cc1cc(C#N)cnc1C(=O)Nc1ccc2c(c1)C(c1cccc(N(C)C)c1)=NC2. The molecule has 1 N–H and O–H groups in total. The normalized spacial score (nSPS) is 12.0. The Bertz CT molecular complexity index is 1220. The maximum absolute atomic E-state index is 12.7. The van der Waals surface area contributed by atoms with E-state index in [2.05, 4.69) is 33.4 Å². The predicted molar refractivity (Wildman–Crippen MR) is 118 cm³/mol. The number of aliphatic imine (C=N–C) groups is 1. The maximum atomic E-state index is 12.7. The summed E-state index contributed by atoms with van der Waals surface area (Å²) in [6.45, 7) is 2.40. The Morgan fingerprint density at radius 2 is 2.00 bits per heavy atom. The van der Waals surface area contributed by atoms with Crippen LogP contribution in [0.1, 0.15) is 38.3 Å². The number of nitriles is 1. The summed E-state index contributed by atoms with van der Waals surface area (Å²) in [6, 6.07) is 17.8. The van der Waals surface area contributed by atoms with Crippen LogP contribution in [-0.4, -0.2) is 30.7 Å². The summed E-state index contributed by atoms with van der Waals surface area (Å²) < 4.78 is 0. The lowest BCUT2D eigenvalue weighted by Gasteiger charge is -2.14. The Morgan fingerprint density at radius 3 is 2.73 bits per heavy atom. The minimum atomic E-state index is -0.303. The van der Waals surface area contributed by atoms with Crippen molar-refractivity contribution in [3.63, 3.8) is 0 Å². The molecular formula is C24H21N5O. The molecule has 1 amide bonds. The van der Waals surface area contributed by atoms with E-state index in [9.17, 15) is 4.79 Å². The first kappa shape index (κ1) is 19.3. The quantitative estimate of drug-likeness (QED) is 0.726. The van der Waals surface area contributed by atoms with Gasteiger partial charge in [0.1, 0.15) is 11.8 Å². The highest BCUT2D eigenvalue weighted by Gasteiger charge is 2.19. The molecule has 6 heteroatoms. The number of aryl methyl sites for hydroxylation is 1. The fourth-order valence-electron chi connectivity index (χ4n) is 3.50. The molecule has 0 saturated heterocycles. The molecule has 0 saturated carbocycles. The van der Waals surface area contributed by atoms with Gasteiger partial charge in [0, 0.05) is 42.8 Å². The molecule has 0 spiro atoms. The molecule has 0 radical (unpaired) electrons. The van der Waals surface area contributed by atoms with Crippen molar-refractivity contribution in [3.8, 4) is 6.07 Å². The van der Waals surface area contributed by atoms with Crippen LogP contribution in [0.4, 0.5) is 11.4 Å². The molecule has 1 aliphatic heterocycles. The lowest BCUT2D eigenvalue weighted by molar-refractivity contribution is 0.102. The molecule has 30 heavy (non-hydrogen) atoms. The summed E-state index contributed by atoms with van der Waals surface area (Å²) in [5.41, 5.74) is 7.32. The van der Waals surface area contributed by atoms with Crippen LogP contribution in [0.3, 0.4) is 0 Å². The molecule has 0 atom stereocenters. The van der Waals surface area contributed by atoms with Gasteiger partial charge >= 0.3 is 0 Å². The third kappa shape index (κ3) is 3.65. The van der Waals surface area contributed by atoms with Gasteiger partial charge < -0.3 is 10.2 Å². The predicted octanol–water partition coefficient (Wildman–Crippen LogP) is 3.93. The summed E-state index contributed by atoms with van der Waals surface area (Å²) in [4.78, 5) is 23.6. The van der Waals surface area contributed by atoms with Crippen molar-refractivity contribution in [3.05, 3.63) is 88.2 Å². The van der Waals surface area contributed by atoms with Gasteiger partial charge in [-0.1, -0.05) is 18.2 Å². The second-order valence-electron chi connectivity index (χ2n) is 7.44. The van der Waals surface area contributed by atoms with Gasteiger partial charge in [0.15, 0.2) is 0 Å². The van der Waals surface area contributed by atoms with E-state index in [4.69, 9.17) is 10.3 Å². The molecule has 0 fully saturated rings. The van der Waals surface area contributed by atoms with Crippen molar-refractivity contribution < 1.29 is 4.79 Å². The Kier molecular flexibility index (Phi) is 5.03. The zero-order valence-electron chi connectivity index (χ0n) is 17.1. The van der Waals surface area contributed by atoms with Gasteiger partial charge in [0.2, 0.25) is 0 Å². The lowest BCUT2D eigenvalue weighted by Crippen LogP contribution is -2.16. The van der Waals surface area contributed by atoms with Crippen LogP contribution in [0.15, 0.2) is 59.7 Å². The van der Waals surface area contributed by atoms with Gasteiger partial charge in [-0.25, -0.2) is 4.98 Å². The smallest absolute Gasteiger partial charge is 0.274 e. The Labute approximate surface area is 175 Å². The highest BCUT2D eigenvalue weighted by molar-refractivity contribution is 6.16. The first-order valence-corrected chi connectivity index (χ1v) is 9.60. The van der Waals surface area contributed by atoms with Gasteiger partial charge in [0.25, 0.3) is 5.91 Å². The van der Waals surface area contributed by atoms with Gasteiger partial charge in [-0.2, -0.15) is 5.26 Å². The largest absolute Gasteiger partial charge is 0.378 e. The fourth-order valence-corrected chi connectivity index (χ4v) is 3.50. The number of benzene rings is 2. The number of nitrogens with zero attached hydrogens (tertiary/aromatic N) is 4. The van der Waals surface area contributed by atoms with Crippen LogP contribution < -0.4 is 10.2 Å². The number of nitrogens with one attached hydrogen (secondary N) is 1. The van der Waals surface area contributed by atoms with E-state index in [0.717, 1.165) is 28.1 Å². The highest BCUT2D eigenvalue weighted by Crippen LogP contribution is 2.28. The van der Waals surface area contributed by atoms with E-state index in [0.29, 0.717) is 29.1 Å². The monoisotopic (exact) mass is 395 g/mol. The maximum Gasteiger partial charge on any atom is 0.274 e. The molecule has 6 nitrogen and oxygen atoms in total. The van der Waals surface area contributed by atoms with E-state index in [1.54, 1.807) is 13.0 Å². The van der Waals surface area contributed by atoms with Crippen LogP contribution in [0.2, 0.25) is 0 Å². The van der Waals surface area contributed by atoms with Gasteiger partial charge in [0.05, 0.1) is 17.8 Å². The first-order valence-electron chi connectivity index (χ1n) is 9.60. The van der Waals surface area contributed by atoms with Gasteiger partial charge in [-0.05, 0) is 48.4 Å². The number of aromatic nitrogens is 1. The van der Waals surface area contributed by atoms with Crippen LogP contribution in [0.25, 0.3) is 0 Å². The summed E-state index contributed by atoms with van der Waals surface area (Å²) in [5, 5.41) is 11.9. The van der Waals surface area contributed by atoms with E-state index in [1.807, 2.05) is 44.4 Å². The van der Waals surface area contributed by atoms with Crippen molar-refractivity contribution in [2.24, 2.45) is 4.99 Å². The molecule has 2 aromatic carbocycles. The minimum Gasteiger partial charge on any atom is -0.378 e. The number of hydrogen-bond donors (Lipinski definition) is 1. The second kappa shape index (κ2) is 7.80. The molecular weight excluding hydrogens is 374 g/mol. The lowest BCUT2D eigenvalue weighted by atomic mass is 9.99. The molecule has 1 aliphatic rings. The van der Waals surface area contributed by atoms with Crippen LogP contribution in [0.5, 0.6) is 0 Å². The summed E-state index contributed by atoms with van der Waals surface area (Å²) >= 11 is 0. The fraction of sp³-hybridized carbons (Fsp3) is 0.167. The number of fused-ring (bicyclic) bond motifs is 1. The standard InChI is InChI=1S/C24H21N5O/c1-15-9-16(12-25)13-26-22(15)24(30)28-19-8-7-18-14-27-23(21(18)11-19)17-5-4-6-20(10-17)29(2)3/h4-11,13H,14H2,1-3H3,(H,28,30). The number of pyridine rings is 1. The van der Waals surface area contributed by atoms with Gasteiger partial charge in [-0.3, -0.25) is 9.79 Å². The molecule has 0 bridgehead atoms. The number of rotatable bonds is 4. The van der Waals surface area contributed by atoms with Crippen LogP contribution in [0, 0.1) is 18.3 Å². The average molecular weight is 395 g/mol. The van der Waals surface area contributed by atoms with E-state index in [1.165, 1.54) is 6.20 Å². The molecule has 0 aliphatic carbocycles. The number of hydrogen-bond acceptors (Lipinski definition) is 5. The Balaban J connectivity index is 1.61. The molecule has 4 rings (SSSR count). The summed E-state index contributed by atoms with van der Waals surface area (Å²) in [7, 11) is 4.02. The zero-order valence-corrected chi connectivity index (χ0v) is 17.1. The molecule has 3 aromatic rings. The third-order valence-electron chi connectivity index (χ3n) is 5.09. The Morgan fingerprint density at radius 1 is 1.17 bits per heavy atom. The van der Waals surface area contributed by atoms with E-state index in [-0.39, 0.29) is 5.91 Å². The molecule has 0 unspecified atom stereocenters. The van der Waals surface area contributed by atoms with Gasteiger partial charge in [-0.15, -0.1) is 0 Å². The zero-order chi connectivity index (χ0) is 21.3. The summed E-state index contributed by atoms with van der Waals surface area (Å²) in [5.74, 6) is -0.303. The number of amides is 1. The van der Waals surface area contributed by atoms with E-state index >= 15 is 0 Å².